The Hall–Kier alpha value is -1.01. The number of hydrogen-bond donors (Lipinski definition) is 6. The Bertz CT molecular complexity index is 1220. The Kier molecular flexibility index (Phi) is 15.1. The number of aliphatic hydroxyl groups excluding tert-OH is 4. The van der Waals surface area contributed by atoms with E-state index in [1.54, 1.807) is 55.4 Å². The number of cyclic esters (lactones) is 1. The Labute approximate surface area is 322 Å². The van der Waals surface area contributed by atoms with Crippen LogP contribution in [0, 0.1) is 23.7 Å². The van der Waals surface area contributed by atoms with E-state index in [9.17, 15) is 35.4 Å². The Balaban J connectivity index is 1.80. The first-order chi connectivity index (χ1) is 25.0. The van der Waals surface area contributed by atoms with Gasteiger partial charge in [0, 0.05) is 37.5 Å². The second kappa shape index (κ2) is 17.9. The lowest BCUT2D eigenvalue weighted by atomic mass is 9.73. The topological polar surface area (TPSA) is 197 Å². The largest absolute Gasteiger partial charge is 0.459 e. The van der Waals surface area contributed by atoms with Crippen LogP contribution in [0.2, 0.25) is 0 Å². The van der Waals surface area contributed by atoms with E-state index in [4.69, 9.17) is 28.4 Å². The number of carbonyl (C=O) groups is 1. The summed E-state index contributed by atoms with van der Waals surface area (Å²) in [6.45, 7) is 16.9. The molecule has 4 aliphatic rings. The molecule has 0 amide bonds. The van der Waals surface area contributed by atoms with Gasteiger partial charge in [-0.15, -0.1) is 0 Å². The first-order valence-corrected chi connectivity index (χ1v) is 20.3. The van der Waals surface area contributed by atoms with Crippen LogP contribution >= 0.6 is 0 Å². The van der Waals surface area contributed by atoms with Crippen LogP contribution in [0.15, 0.2) is 0 Å². The normalized spacial score (nSPS) is 50.6. The van der Waals surface area contributed by atoms with E-state index in [-0.39, 0.29) is 31.4 Å². The molecule has 0 spiro atoms. The molecular weight excluding hydrogens is 702 g/mol. The second-order valence-electron chi connectivity index (χ2n) is 18.0. The summed E-state index contributed by atoms with van der Waals surface area (Å²) in [5.74, 6) is -4.09. The Morgan fingerprint density at radius 1 is 0.870 bits per heavy atom. The van der Waals surface area contributed by atoms with Gasteiger partial charge in [-0.3, -0.25) is 9.69 Å². The van der Waals surface area contributed by atoms with Gasteiger partial charge in [0.15, 0.2) is 12.6 Å². The lowest BCUT2D eigenvalue weighted by Crippen LogP contribution is -2.62. The van der Waals surface area contributed by atoms with Crippen molar-refractivity contribution in [2.45, 2.75) is 211 Å². The van der Waals surface area contributed by atoms with Gasteiger partial charge in [0.05, 0.1) is 53.7 Å². The lowest BCUT2D eigenvalue weighted by molar-refractivity contribution is -0.319. The molecule has 3 saturated heterocycles. The maximum Gasteiger partial charge on any atom is 0.311 e. The van der Waals surface area contributed by atoms with Crippen LogP contribution in [0.1, 0.15) is 114 Å². The molecule has 14 heteroatoms. The monoisotopic (exact) mass is 776 g/mol. The summed E-state index contributed by atoms with van der Waals surface area (Å²) in [7, 11) is 3.51. The van der Waals surface area contributed by atoms with Crippen molar-refractivity contribution in [1.82, 2.24) is 4.90 Å². The number of ether oxygens (including phenoxy) is 6. The fourth-order valence-electron chi connectivity index (χ4n) is 9.54. The average Bonchev–Trinajstić information content (AvgIpc) is 3.08. The number of nitrogens with zero attached hydrogens (tertiary/aromatic N) is 1. The number of likely N-dealkylation sites (N-methyl/N-ethyl adjacent to an activating group) is 1. The van der Waals surface area contributed by atoms with Crippen molar-refractivity contribution >= 4 is 5.97 Å². The van der Waals surface area contributed by atoms with E-state index in [0.717, 1.165) is 19.3 Å². The molecule has 1 saturated carbocycles. The molecule has 0 aromatic carbocycles. The van der Waals surface area contributed by atoms with Crippen molar-refractivity contribution < 1.29 is 63.9 Å². The Morgan fingerprint density at radius 2 is 1.50 bits per heavy atom. The van der Waals surface area contributed by atoms with Gasteiger partial charge in [0.2, 0.25) is 0 Å². The molecule has 19 atom stereocenters. The molecule has 0 bridgehead atoms. The summed E-state index contributed by atoms with van der Waals surface area (Å²) in [6.07, 6.45) is -7.10. The maximum atomic E-state index is 14.2. The maximum absolute atomic E-state index is 14.2. The quantitative estimate of drug-likeness (QED) is 0.197. The summed E-state index contributed by atoms with van der Waals surface area (Å²) in [5, 5.41) is 70.0. The third kappa shape index (κ3) is 9.47. The molecule has 0 aromatic heterocycles. The van der Waals surface area contributed by atoms with Gasteiger partial charge >= 0.3 is 5.97 Å². The molecule has 0 radical (unpaired) electrons. The van der Waals surface area contributed by atoms with Crippen LogP contribution in [-0.4, -0.2) is 152 Å². The molecule has 0 aromatic rings. The zero-order valence-electron chi connectivity index (χ0n) is 34.8. The van der Waals surface area contributed by atoms with E-state index in [0.29, 0.717) is 12.5 Å². The third-order valence-corrected chi connectivity index (χ3v) is 13.6. The van der Waals surface area contributed by atoms with Crippen LogP contribution in [-0.2, 0) is 33.2 Å². The standard InChI is InChI=1S/C40H73NO13/c1-13-28-40(10,48)33(44)22(4)30(42)20(2)18-38(8,47)35(54-37-31(43)27(17-21(3)50-37)41(11)26-15-14-16-26)23(5)32(24(6)36(46)52-28)53-29-19-39(9,49-12)34(45)25(7)51-29/h20-35,37,42-45,47-48H,13-19H2,1-12H3/t20-,21-,22+,23+,24-,25+,27+,28-,29+,30+,31-,32+,33-,34+,35-,37+,38-,39-,40-/m1/s1. The molecular formula is C40H73NO13. The summed E-state index contributed by atoms with van der Waals surface area (Å²) >= 11 is 0. The molecule has 6 N–H and O–H groups in total. The SMILES string of the molecule is CC[C@H]1OC(=O)[C@H](C)[C@@H](O[C@H]2C[C@@](C)(OC)[C@@H](O)[C@H](C)O2)[C@H](C)[C@@H](O[C@@H]2O[C@H](C)C[C@H](N(C)C3CCC3)[C@H]2O)[C@](C)(O)C[C@@H](C)[C@H](O)[C@H](C)[C@@H](O)[C@]1(C)O. The van der Waals surface area contributed by atoms with Crippen molar-refractivity contribution in [2.75, 3.05) is 14.2 Å². The van der Waals surface area contributed by atoms with Crippen molar-refractivity contribution in [1.29, 1.82) is 0 Å². The van der Waals surface area contributed by atoms with E-state index < -0.39 is 108 Å². The molecule has 316 valence electrons. The minimum absolute atomic E-state index is 0.0280. The minimum atomic E-state index is -1.93. The first kappa shape index (κ1) is 45.7. The van der Waals surface area contributed by atoms with Crippen molar-refractivity contribution in [2.24, 2.45) is 23.7 Å². The summed E-state index contributed by atoms with van der Waals surface area (Å²) in [5.41, 5.74) is -4.71. The number of methoxy groups -OCH3 is 1. The summed E-state index contributed by atoms with van der Waals surface area (Å²) in [6, 6.07) is 0.0825. The number of hydrogen-bond acceptors (Lipinski definition) is 14. The van der Waals surface area contributed by atoms with Crippen LogP contribution in [0.5, 0.6) is 0 Å². The molecule has 1 aliphatic carbocycles. The molecule has 0 unspecified atom stereocenters. The highest BCUT2D eigenvalue weighted by Crippen LogP contribution is 2.42. The van der Waals surface area contributed by atoms with E-state index in [1.807, 2.05) is 14.0 Å². The van der Waals surface area contributed by atoms with Gasteiger partial charge in [-0.05, 0) is 86.6 Å². The summed E-state index contributed by atoms with van der Waals surface area (Å²) < 4.78 is 37.6. The van der Waals surface area contributed by atoms with Crippen molar-refractivity contribution in [3.8, 4) is 0 Å². The molecule has 54 heavy (non-hydrogen) atoms. The lowest BCUT2D eigenvalue weighted by Gasteiger charge is -2.50. The first-order valence-electron chi connectivity index (χ1n) is 20.3. The third-order valence-electron chi connectivity index (χ3n) is 13.6. The minimum Gasteiger partial charge on any atom is -0.459 e. The van der Waals surface area contributed by atoms with E-state index in [1.165, 1.54) is 14.0 Å². The fraction of sp³-hybridized carbons (Fsp3) is 0.975. The van der Waals surface area contributed by atoms with Crippen LogP contribution < -0.4 is 0 Å². The highest BCUT2D eigenvalue weighted by Gasteiger charge is 2.54. The molecule has 4 fully saturated rings. The van der Waals surface area contributed by atoms with E-state index >= 15 is 0 Å². The fourth-order valence-corrected chi connectivity index (χ4v) is 9.54. The zero-order valence-corrected chi connectivity index (χ0v) is 34.8. The Morgan fingerprint density at radius 3 is 2.06 bits per heavy atom. The van der Waals surface area contributed by atoms with Gasteiger partial charge in [-0.2, -0.15) is 0 Å². The van der Waals surface area contributed by atoms with Gasteiger partial charge in [0.1, 0.15) is 23.9 Å². The summed E-state index contributed by atoms with van der Waals surface area (Å²) in [4.78, 5) is 16.4. The number of esters is 1. The van der Waals surface area contributed by atoms with Gasteiger partial charge in [-0.25, -0.2) is 0 Å². The van der Waals surface area contributed by atoms with Crippen molar-refractivity contribution in [3.63, 3.8) is 0 Å². The smallest absolute Gasteiger partial charge is 0.311 e. The van der Waals surface area contributed by atoms with Crippen LogP contribution in [0.25, 0.3) is 0 Å². The van der Waals surface area contributed by atoms with Gasteiger partial charge in [0.25, 0.3) is 0 Å². The number of rotatable bonds is 8. The van der Waals surface area contributed by atoms with E-state index in [2.05, 4.69) is 4.90 Å². The highest BCUT2D eigenvalue weighted by molar-refractivity contribution is 5.73. The average molecular weight is 776 g/mol. The number of carbonyl (C=O) groups excluding carboxylic acids is 1. The number of aliphatic hydroxyl groups is 6. The van der Waals surface area contributed by atoms with Crippen molar-refractivity contribution in [3.05, 3.63) is 0 Å². The zero-order chi connectivity index (χ0) is 40.7. The predicted octanol–water partition coefficient (Wildman–Crippen LogP) is 2.50. The van der Waals surface area contributed by atoms with Gasteiger partial charge < -0.3 is 59.1 Å². The molecule has 3 heterocycles. The second-order valence-corrected chi connectivity index (χ2v) is 18.0. The molecule has 4 rings (SSSR count). The highest BCUT2D eigenvalue weighted by atomic mass is 16.7. The predicted molar refractivity (Wildman–Crippen MR) is 199 cm³/mol. The molecule has 3 aliphatic heterocycles. The molecule has 14 nitrogen and oxygen atoms in total. The van der Waals surface area contributed by atoms with Crippen LogP contribution in [0.4, 0.5) is 0 Å². The van der Waals surface area contributed by atoms with Crippen LogP contribution in [0.3, 0.4) is 0 Å². The van der Waals surface area contributed by atoms with Gasteiger partial charge in [-0.1, -0.05) is 34.1 Å².